The largest absolute Gasteiger partial charge is 0.493 e. The van der Waals surface area contributed by atoms with Gasteiger partial charge in [0.25, 0.3) is 0 Å². The minimum atomic E-state index is -0.535. The molecule has 1 heterocycles. The number of carbonyl (C=O) groups excluding carboxylic acids is 1. The minimum Gasteiger partial charge on any atom is -0.493 e. The summed E-state index contributed by atoms with van der Waals surface area (Å²) in [6.45, 7) is 0. The molecule has 0 bridgehead atoms. The zero-order valence-electron chi connectivity index (χ0n) is 13.9. The summed E-state index contributed by atoms with van der Waals surface area (Å²) in [5.74, 6) is 1.81. The number of benzene rings is 2. The fourth-order valence-corrected chi connectivity index (χ4v) is 2.79. The Morgan fingerprint density at radius 2 is 1.38 bits per heavy atom. The van der Waals surface area contributed by atoms with Crippen LogP contribution in [0, 0.1) is 0 Å². The van der Waals surface area contributed by atoms with Crippen LogP contribution in [0.3, 0.4) is 0 Å². The predicted molar refractivity (Wildman–Crippen MR) is 86.4 cm³/mol. The third-order valence-corrected chi connectivity index (χ3v) is 3.99. The number of rotatable bonds is 5. The highest BCUT2D eigenvalue weighted by molar-refractivity contribution is 5.95. The normalized spacial score (nSPS) is 15.5. The molecule has 0 aliphatic carbocycles. The van der Waals surface area contributed by atoms with Crippen molar-refractivity contribution in [1.82, 2.24) is 0 Å². The molecule has 24 heavy (non-hydrogen) atoms. The van der Waals surface area contributed by atoms with Crippen LogP contribution in [-0.4, -0.2) is 34.4 Å². The van der Waals surface area contributed by atoms with Crippen LogP contribution in [0.15, 0.2) is 30.3 Å². The van der Waals surface area contributed by atoms with E-state index >= 15 is 0 Å². The number of cyclic esters (lactones) is 1. The molecular weight excluding hydrogens is 312 g/mol. The maximum absolute atomic E-state index is 12.2. The zero-order chi connectivity index (χ0) is 17.3. The highest BCUT2D eigenvalue weighted by Crippen LogP contribution is 2.43. The van der Waals surface area contributed by atoms with E-state index in [1.54, 1.807) is 45.6 Å². The van der Waals surface area contributed by atoms with Crippen molar-refractivity contribution in [3.05, 3.63) is 47.0 Å². The molecule has 126 valence electrons. The van der Waals surface area contributed by atoms with Crippen molar-refractivity contribution < 1.29 is 28.5 Å². The lowest BCUT2D eigenvalue weighted by Gasteiger charge is -2.15. The molecule has 6 heteroatoms. The van der Waals surface area contributed by atoms with Crippen LogP contribution in [0.1, 0.15) is 27.6 Å². The predicted octanol–water partition coefficient (Wildman–Crippen LogP) is 2.98. The molecule has 6 nitrogen and oxygen atoms in total. The van der Waals surface area contributed by atoms with Crippen LogP contribution in [0.5, 0.6) is 23.0 Å². The van der Waals surface area contributed by atoms with Crippen molar-refractivity contribution in [2.75, 3.05) is 28.4 Å². The van der Waals surface area contributed by atoms with Crippen LogP contribution in [0.4, 0.5) is 0 Å². The highest BCUT2D eigenvalue weighted by atomic mass is 16.6. The lowest BCUT2D eigenvalue weighted by atomic mass is 9.98. The van der Waals surface area contributed by atoms with Gasteiger partial charge >= 0.3 is 5.97 Å². The van der Waals surface area contributed by atoms with E-state index in [4.69, 9.17) is 23.7 Å². The number of esters is 1. The van der Waals surface area contributed by atoms with Gasteiger partial charge in [-0.05, 0) is 24.3 Å². The van der Waals surface area contributed by atoms with E-state index in [-0.39, 0.29) is 0 Å². The van der Waals surface area contributed by atoms with E-state index in [0.29, 0.717) is 28.6 Å². The highest BCUT2D eigenvalue weighted by Gasteiger charge is 2.34. The molecule has 0 aromatic heterocycles. The average Bonchev–Trinajstić information content (AvgIpc) is 2.95. The Kier molecular flexibility index (Phi) is 4.20. The summed E-state index contributed by atoms with van der Waals surface area (Å²) in [5, 5.41) is 0. The molecule has 1 aliphatic rings. The monoisotopic (exact) mass is 330 g/mol. The number of carbonyl (C=O) groups is 1. The summed E-state index contributed by atoms with van der Waals surface area (Å²) in [7, 11) is 6.20. The fraction of sp³-hybridized carbons (Fsp3) is 0.278. The fourth-order valence-electron chi connectivity index (χ4n) is 2.79. The van der Waals surface area contributed by atoms with Gasteiger partial charge in [0.15, 0.2) is 29.1 Å². The molecule has 0 saturated heterocycles. The van der Waals surface area contributed by atoms with E-state index in [0.717, 1.165) is 11.1 Å². The molecule has 0 saturated carbocycles. The van der Waals surface area contributed by atoms with Gasteiger partial charge in [-0.1, -0.05) is 6.07 Å². The first-order chi connectivity index (χ1) is 11.6. The molecule has 0 amide bonds. The molecule has 0 N–H and O–H groups in total. The van der Waals surface area contributed by atoms with Crippen molar-refractivity contribution in [1.29, 1.82) is 0 Å². The van der Waals surface area contributed by atoms with Crippen LogP contribution in [0.25, 0.3) is 0 Å². The minimum absolute atomic E-state index is 0.397. The van der Waals surface area contributed by atoms with Crippen molar-refractivity contribution in [3.63, 3.8) is 0 Å². The van der Waals surface area contributed by atoms with Crippen molar-refractivity contribution in [2.24, 2.45) is 0 Å². The average molecular weight is 330 g/mol. The topological polar surface area (TPSA) is 63.2 Å². The van der Waals surface area contributed by atoms with E-state index < -0.39 is 12.1 Å². The number of ether oxygens (including phenoxy) is 5. The Morgan fingerprint density at radius 1 is 0.792 bits per heavy atom. The van der Waals surface area contributed by atoms with Crippen LogP contribution in [0.2, 0.25) is 0 Å². The Bertz CT molecular complexity index is 783. The summed E-state index contributed by atoms with van der Waals surface area (Å²) >= 11 is 0. The van der Waals surface area contributed by atoms with Gasteiger partial charge in [-0.2, -0.15) is 0 Å². The van der Waals surface area contributed by atoms with Gasteiger partial charge < -0.3 is 23.7 Å². The molecule has 0 fully saturated rings. The summed E-state index contributed by atoms with van der Waals surface area (Å²) in [5.41, 5.74) is 1.98. The lowest BCUT2D eigenvalue weighted by molar-refractivity contribution is 0.0455. The number of hydrogen-bond donors (Lipinski definition) is 0. The second-order valence-electron chi connectivity index (χ2n) is 5.19. The smallest absolute Gasteiger partial charge is 0.339 e. The number of hydrogen-bond acceptors (Lipinski definition) is 6. The van der Waals surface area contributed by atoms with E-state index in [2.05, 4.69) is 0 Å². The van der Waals surface area contributed by atoms with Gasteiger partial charge in [0.2, 0.25) is 0 Å². The molecule has 1 atom stereocenters. The molecular formula is C18H18O6. The summed E-state index contributed by atoms with van der Waals surface area (Å²) < 4.78 is 26.7. The first kappa shape index (κ1) is 16.0. The second kappa shape index (κ2) is 6.31. The van der Waals surface area contributed by atoms with Gasteiger partial charge in [-0.25, -0.2) is 4.79 Å². The van der Waals surface area contributed by atoms with Gasteiger partial charge in [0.05, 0.1) is 34.0 Å². The van der Waals surface area contributed by atoms with Gasteiger partial charge in [0.1, 0.15) is 0 Å². The van der Waals surface area contributed by atoms with Crippen molar-refractivity contribution >= 4 is 5.97 Å². The van der Waals surface area contributed by atoms with Crippen molar-refractivity contribution in [3.8, 4) is 23.0 Å². The van der Waals surface area contributed by atoms with Gasteiger partial charge in [0, 0.05) is 11.1 Å². The number of methoxy groups -OCH3 is 4. The van der Waals surface area contributed by atoms with Crippen LogP contribution in [-0.2, 0) is 4.74 Å². The van der Waals surface area contributed by atoms with Crippen LogP contribution >= 0.6 is 0 Å². The molecule has 3 rings (SSSR count). The van der Waals surface area contributed by atoms with Gasteiger partial charge in [-0.3, -0.25) is 0 Å². The lowest BCUT2D eigenvalue weighted by Crippen LogP contribution is -2.02. The first-order valence-corrected chi connectivity index (χ1v) is 7.31. The number of fused-ring (bicyclic) bond motifs is 1. The third kappa shape index (κ3) is 2.50. The Labute approximate surface area is 139 Å². The molecule has 1 unspecified atom stereocenters. The molecule has 0 spiro atoms. The first-order valence-electron chi connectivity index (χ1n) is 7.31. The summed E-state index contributed by atoms with van der Waals surface area (Å²) in [4.78, 5) is 12.2. The summed E-state index contributed by atoms with van der Waals surface area (Å²) in [6.07, 6.45) is -0.535. The summed E-state index contributed by atoms with van der Waals surface area (Å²) in [6, 6.07) is 8.81. The van der Waals surface area contributed by atoms with Gasteiger partial charge in [-0.15, -0.1) is 0 Å². The van der Waals surface area contributed by atoms with E-state index in [1.165, 1.54) is 7.11 Å². The second-order valence-corrected chi connectivity index (χ2v) is 5.19. The quantitative estimate of drug-likeness (QED) is 0.786. The maximum atomic E-state index is 12.2. The molecule has 0 radical (unpaired) electrons. The molecule has 2 aromatic rings. The Morgan fingerprint density at radius 3 is 2.00 bits per heavy atom. The SMILES string of the molecule is COc1ccc(C2OC(=O)c3cc(OC)c(OC)cc32)cc1OC. The molecule has 2 aromatic carbocycles. The van der Waals surface area contributed by atoms with Crippen LogP contribution < -0.4 is 18.9 Å². The Balaban J connectivity index is 2.09. The van der Waals surface area contributed by atoms with E-state index in [1.807, 2.05) is 6.07 Å². The Hall–Kier alpha value is -2.89. The standard InChI is InChI=1S/C18H18O6/c1-20-13-6-5-10(7-14(13)21-2)17-11-8-15(22-3)16(23-4)9-12(11)18(19)24-17/h5-9,17H,1-4H3. The zero-order valence-corrected chi connectivity index (χ0v) is 13.9. The third-order valence-electron chi connectivity index (χ3n) is 3.99. The van der Waals surface area contributed by atoms with Crippen molar-refractivity contribution in [2.45, 2.75) is 6.10 Å². The van der Waals surface area contributed by atoms with E-state index in [9.17, 15) is 4.79 Å². The molecule has 1 aliphatic heterocycles. The maximum Gasteiger partial charge on any atom is 0.339 e.